The molecule has 5 nitrogen and oxygen atoms in total. The van der Waals surface area contributed by atoms with E-state index in [1.165, 1.54) is 41.4 Å². The second-order valence-corrected chi connectivity index (χ2v) is 9.31. The van der Waals surface area contributed by atoms with E-state index in [1.54, 1.807) is 0 Å². The predicted octanol–water partition coefficient (Wildman–Crippen LogP) is 4.73. The fourth-order valence-electron chi connectivity index (χ4n) is 5.35. The van der Waals surface area contributed by atoms with Crippen LogP contribution in [-0.4, -0.2) is 48.5 Å². The molecule has 1 saturated carbocycles. The van der Waals surface area contributed by atoms with Crippen molar-refractivity contribution in [1.82, 2.24) is 15.2 Å². The van der Waals surface area contributed by atoms with Crippen LogP contribution in [0.25, 0.3) is 10.9 Å². The van der Waals surface area contributed by atoms with E-state index in [4.69, 9.17) is 0 Å². The minimum absolute atomic E-state index is 0.0466. The van der Waals surface area contributed by atoms with Gasteiger partial charge >= 0.3 is 0 Å². The number of aromatic amines is 1. The van der Waals surface area contributed by atoms with Crippen LogP contribution in [0.15, 0.2) is 60.8 Å². The molecule has 1 aliphatic carbocycles. The number of nitrogens with one attached hydrogen (secondary N) is 2. The summed E-state index contributed by atoms with van der Waals surface area (Å²) in [5, 5.41) is 4.71. The quantitative estimate of drug-likeness (QED) is 0.595. The third-order valence-corrected chi connectivity index (χ3v) is 7.22. The number of aromatic nitrogens is 1. The minimum atomic E-state index is 0.0466. The van der Waals surface area contributed by atoms with Gasteiger partial charge in [0.15, 0.2) is 0 Å². The number of carbonyl (C=O) groups excluding carboxylic acids is 1. The molecule has 2 N–H and O–H groups in total. The molecule has 0 bridgehead atoms. The Balaban J connectivity index is 1.24. The SMILES string of the molecule is O=C(N[C@@H](CN1CCN(c2cccc3[nH]ccc23)CC1)c1ccccc1)C1CCCCC1. The van der Waals surface area contributed by atoms with E-state index >= 15 is 0 Å². The summed E-state index contributed by atoms with van der Waals surface area (Å²) >= 11 is 0. The van der Waals surface area contributed by atoms with Crippen molar-refractivity contribution in [1.29, 1.82) is 0 Å². The van der Waals surface area contributed by atoms with Crippen molar-refractivity contribution in [3.63, 3.8) is 0 Å². The van der Waals surface area contributed by atoms with Crippen LogP contribution in [0.4, 0.5) is 5.69 Å². The molecule has 0 radical (unpaired) electrons. The summed E-state index contributed by atoms with van der Waals surface area (Å²) in [7, 11) is 0. The van der Waals surface area contributed by atoms with Crippen LogP contribution in [0.2, 0.25) is 0 Å². The highest BCUT2D eigenvalue weighted by Gasteiger charge is 2.27. The smallest absolute Gasteiger partial charge is 0.223 e. The van der Waals surface area contributed by atoms with Crippen molar-refractivity contribution in [3.8, 4) is 0 Å². The van der Waals surface area contributed by atoms with Gasteiger partial charge in [-0.05, 0) is 36.6 Å². The van der Waals surface area contributed by atoms with Gasteiger partial charge in [0, 0.05) is 61.4 Å². The van der Waals surface area contributed by atoms with Crippen LogP contribution in [0.5, 0.6) is 0 Å². The van der Waals surface area contributed by atoms with E-state index in [-0.39, 0.29) is 17.9 Å². The maximum absolute atomic E-state index is 13.0. The first-order valence-corrected chi connectivity index (χ1v) is 12.2. The van der Waals surface area contributed by atoms with Crippen molar-refractivity contribution in [2.75, 3.05) is 37.6 Å². The number of amides is 1. The van der Waals surface area contributed by atoms with Gasteiger partial charge in [0.1, 0.15) is 0 Å². The van der Waals surface area contributed by atoms with Crippen molar-refractivity contribution >= 4 is 22.5 Å². The van der Waals surface area contributed by atoms with Crippen LogP contribution >= 0.6 is 0 Å². The highest BCUT2D eigenvalue weighted by Crippen LogP contribution is 2.28. The zero-order valence-electron chi connectivity index (χ0n) is 18.8. The van der Waals surface area contributed by atoms with Gasteiger partial charge in [0.25, 0.3) is 0 Å². The van der Waals surface area contributed by atoms with Crippen LogP contribution in [0, 0.1) is 5.92 Å². The van der Waals surface area contributed by atoms with Gasteiger partial charge in [0.05, 0.1) is 6.04 Å². The number of hydrogen-bond acceptors (Lipinski definition) is 3. The van der Waals surface area contributed by atoms with E-state index < -0.39 is 0 Å². The Bertz CT molecular complexity index is 1020. The number of anilines is 1. The molecule has 1 aliphatic heterocycles. The molecule has 2 fully saturated rings. The Morgan fingerprint density at radius 1 is 0.938 bits per heavy atom. The third-order valence-electron chi connectivity index (χ3n) is 7.22. The topological polar surface area (TPSA) is 51.4 Å². The molecule has 3 aromatic rings. The summed E-state index contributed by atoms with van der Waals surface area (Å²) in [6, 6.07) is 19.2. The molecule has 1 amide bonds. The lowest BCUT2D eigenvalue weighted by atomic mass is 9.88. The molecule has 1 saturated heterocycles. The molecule has 2 heterocycles. The van der Waals surface area contributed by atoms with Gasteiger partial charge < -0.3 is 15.2 Å². The Morgan fingerprint density at radius 2 is 1.72 bits per heavy atom. The highest BCUT2D eigenvalue weighted by atomic mass is 16.1. The summed E-state index contributed by atoms with van der Waals surface area (Å²) in [6.45, 7) is 4.88. The lowest BCUT2D eigenvalue weighted by Gasteiger charge is -2.38. The molecule has 5 rings (SSSR count). The number of piperazine rings is 1. The first kappa shape index (κ1) is 21.1. The highest BCUT2D eigenvalue weighted by molar-refractivity contribution is 5.92. The number of nitrogens with zero attached hydrogens (tertiary/aromatic N) is 2. The molecule has 1 aromatic heterocycles. The lowest BCUT2D eigenvalue weighted by molar-refractivity contribution is -0.126. The zero-order chi connectivity index (χ0) is 21.8. The largest absolute Gasteiger partial charge is 0.368 e. The molecule has 0 unspecified atom stereocenters. The van der Waals surface area contributed by atoms with E-state index in [0.29, 0.717) is 0 Å². The summed E-state index contributed by atoms with van der Waals surface area (Å²) in [5.41, 5.74) is 3.71. The molecular weight excluding hydrogens is 396 g/mol. The third kappa shape index (κ3) is 4.68. The summed E-state index contributed by atoms with van der Waals surface area (Å²) in [4.78, 5) is 21.3. The van der Waals surface area contributed by atoms with Crippen molar-refractivity contribution in [3.05, 3.63) is 66.4 Å². The normalized spacial score (nSPS) is 19.2. The Morgan fingerprint density at radius 3 is 2.50 bits per heavy atom. The lowest BCUT2D eigenvalue weighted by Crippen LogP contribution is -2.49. The van der Waals surface area contributed by atoms with E-state index in [9.17, 15) is 4.79 Å². The maximum Gasteiger partial charge on any atom is 0.223 e. The molecule has 2 aromatic carbocycles. The van der Waals surface area contributed by atoms with Crippen molar-refractivity contribution in [2.45, 2.75) is 38.1 Å². The molecule has 0 spiro atoms. The average Bonchev–Trinajstić information content (AvgIpc) is 3.34. The van der Waals surface area contributed by atoms with Gasteiger partial charge in [-0.3, -0.25) is 9.69 Å². The van der Waals surface area contributed by atoms with Crippen molar-refractivity contribution < 1.29 is 4.79 Å². The molecular formula is C27H34N4O. The number of benzene rings is 2. The van der Waals surface area contributed by atoms with Gasteiger partial charge in [-0.2, -0.15) is 0 Å². The van der Waals surface area contributed by atoms with Gasteiger partial charge in [-0.15, -0.1) is 0 Å². The number of fused-ring (bicyclic) bond motifs is 1. The predicted molar refractivity (Wildman–Crippen MR) is 131 cm³/mol. The maximum atomic E-state index is 13.0. The van der Waals surface area contributed by atoms with Crippen LogP contribution in [0.3, 0.4) is 0 Å². The summed E-state index contributed by atoms with van der Waals surface area (Å²) in [5.74, 6) is 0.435. The minimum Gasteiger partial charge on any atom is -0.368 e. The van der Waals surface area contributed by atoms with Crippen molar-refractivity contribution in [2.24, 2.45) is 5.92 Å². The molecule has 1 atom stereocenters. The summed E-state index contributed by atoms with van der Waals surface area (Å²) in [6.07, 6.45) is 7.73. The van der Waals surface area contributed by atoms with Crippen LogP contribution < -0.4 is 10.2 Å². The fourth-order valence-corrected chi connectivity index (χ4v) is 5.35. The summed E-state index contributed by atoms with van der Waals surface area (Å²) < 4.78 is 0. The van der Waals surface area contributed by atoms with E-state index in [2.05, 4.69) is 68.6 Å². The first-order valence-electron chi connectivity index (χ1n) is 12.2. The van der Waals surface area contributed by atoms with Gasteiger partial charge in [-0.1, -0.05) is 55.7 Å². The molecule has 32 heavy (non-hydrogen) atoms. The molecule has 5 heteroatoms. The Labute approximate surface area is 190 Å². The molecule has 168 valence electrons. The Kier molecular flexibility index (Phi) is 6.44. The second-order valence-electron chi connectivity index (χ2n) is 9.31. The monoisotopic (exact) mass is 430 g/mol. The van der Waals surface area contributed by atoms with Gasteiger partial charge in [-0.25, -0.2) is 0 Å². The van der Waals surface area contributed by atoms with Crippen LogP contribution in [-0.2, 0) is 4.79 Å². The van der Waals surface area contributed by atoms with Gasteiger partial charge in [0.2, 0.25) is 5.91 Å². The Hall–Kier alpha value is -2.79. The van der Waals surface area contributed by atoms with E-state index in [0.717, 1.165) is 45.6 Å². The first-order chi connectivity index (χ1) is 15.8. The molecule has 2 aliphatic rings. The number of H-pyrrole nitrogens is 1. The number of carbonyl (C=O) groups is 1. The fraction of sp³-hybridized carbons (Fsp3) is 0.444. The van der Waals surface area contributed by atoms with E-state index in [1.807, 2.05) is 12.3 Å². The average molecular weight is 431 g/mol. The second kappa shape index (κ2) is 9.78. The standard InChI is InChI=1S/C27H34N4O/c32-27(22-10-5-2-6-11-22)29-25(21-8-3-1-4-9-21)20-30-16-18-31(19-17-30)26-13-7-12-24-23(26)14-15-28-24/h1,3-4,7-9,12-15,22,25,28H,2,5-6,10-11,16-20H2,(H,29,32)/t25-/m0/s1. The number of hydrogen-bond donors (Lipinski definition) is 2. The zero-order valence-corrected chi connectivity index (χ0v) is 18.8. The number of rotatable bonds is 6. The van der Waals surface area contributed by atoms with Crippen LogP contribution in [0.1, 0.15) is 43.7 Å².